The molecule has 0 bridgehead atoms. The van der Waals surface area contributed by atoms with Gasteiger partial charge in [-0.2, -0.15) is 0 Å². The van der Waals surface area contributed by atoms with Crippen molar-refractivity contribution in [3.8, 4) is 0 Å². The zero-order valence-corrected chi connectivity index (χ0v) is 12.1. The largest absolute Gasteiger partial charge is 0.363 e. The molecule has 2 aromatic rings. The van der Waals surface area contributed by atoms with Gasteiger partial charge in [-0.1, -0.05) is 30.3 Å². The molecule has 3 heteroatoms. The van der Waals surface area contributed by atoms with Gasteiger partial charge in [-0.05, 0) is 31.0 Å². The van der Waals surface area contributed by atoms with Crippen LogP contribution in [0.5, 0.6) is 0 Å². The predicted octanol–water partition coefficient (Wildman–Crippen LogP) is 4.24. The summed E-state index contributed by atoms with van der Waals surface area (Å²) in [6.07, 6.45) is 3.70. The van der Waals surface area contributed by atoms with Crippen LogP contribution in [0.15, 0.2) is 48.8 Å². The maximum atomic E-state index is 6.03. The number of halogens is 1. The molecular formula is C16H19ClN2. The summed E-state index contributed by atoms with van der Waals surface area (Å²) >= 11 is 6.03. The van der Waals surface area contributed by atoms with Crippen LogP contribution in [0.25, 0.3) is 0 Å². The van der Waals surface area contributed by atoms with Crippen molar-refractivity contribution in [2.24, 2.45) is 0 Å². The van der Waals surface area contributed by atoms with Crippen LogP contribution in [0.2, 0.25) is 0 Å². The SMILES string of the molecule is CC(C)N(Cc1ccccc1)c1cnccc1CCl. The molecule has 2 nitrogen and oxygen atoms in total. The van der Waals surface area contributed by atoms with E-state index in [0.29, 0.717) is 11.9 Å². The Labute approximate surface area is 120 Å². The Hall–Kier alpha value is -1.54. The van der Waals surface area contributed by atoms with Gasteiger partial charge in [0.05, 0.1) is 11.9 Å². The Morgan fingerprint density at radius 2 is 1.89 bits per heavy atom. The molecule has 0 aliphatic carbocycles. The van der Waals surface area contributed by atoms with E-state index in [0.717, 1.165) is 17.8 Å². The lowest BCUT2D eigenvalue weighted by molar-refractivity contribution is 0.678. The lowest BCUT2D eigenvalue weighted by Gasteiger charge is -2.30. The Bertz CT molecular complexity index is 511. The summed E-state index contributed by atoms with van der Waals surface area (Å²) in [5.74, 6) is 0.510. The second-order valence-electron chi connectivity index (χ2n) is 4.85. The van der Waals surface area contributed by atoms with Crippen molar-refractivity contribution in [1.29, 1.82) is 0 Å². The van der Waals surface area contributed by atoms with E-state index in [-0.39, 0.29) is 0 Å². The lowest BCUT2D eigenvalue weighted by atomic mass is 10.1. The van der Waals surface area contributed by atoms with Crippen molar-refractivity contribution >= 4 is 17.3 Å². The Balaban J connectivity index is 2.30. The average Bonchev–Trinajstić information content (AvgIpc) is 2.45. The minimum atomic E-state index is 0.395. The molecule has 2 rings (SSSR count). The second-order valence-corrected chi connectivity index (χ2v) is 5.11. The van der Waals surface area contributed by atoms with Crippen LogP contribution in [-0.4, -0.2) is 11.0 Å². The van der Waals surface area contributed by atoms with Crippen molar-refractivity contribution < 1.29 is 0 Å². The van der Waals surface area contributed by atoms with Crippen LogP contribution in [0.3, 0.4) is 0 Å². The smallest absolute Gasteiger partial charge is 0.0602 e. The quantitative estimate of drug-likeness (QED) is 0.759. The summed E-state index contributed by atoms with van der Waals surface area (Å²) in [4.78, 5) is 6.57. The molecule has 1 aromatic carbocycles. The molecule has 0 unspecified atom stereocenters. The van der Waals surface area contributed by atoms with Crippen LogP contribution in [-0.2, 0) is 12.4 Å². The van der Waals surface area contributed by atoms with Gasteiger partial charge in [-0.15, -0.1) is 11.6 Å². The zero-order valence-electron chi connectivity index (χ0n) is 11.4. The minimum absolute atomic E-state index is 0.395. The van der Waals surface area contributed by atoms with Gasteiger partial charge in [-0.3, -0.25) is 4.98 Å². The Morgan fingerprint density at radius 3 is 2.53 bits per heavy atom. The molecule has 1 aromatic heterocycles. The summed E-state index contributed by atoms with van der Waals surface area (Å²) in [5.41, 5.74) is 3.54. The first-order chi connectivity index (χ1) is 9.22. The molecule has 0 amide bonds. The third-order valence-electron chi connectivity index (χ3n) is 3.16. The summed E-state index contributed by atoms with van der Waals surface area (Å²) < 4.78 is 0. The van der Waals surface area contributed by atoms with E-state index in [1.165, 1.54) is 5.56 Å². The predicted molar refractivity (Wildman–Crippen MR) is 81.6 cm³/mol. The maximum absolute atomic E-state index is 6.03. The molecule has 0 saturated carbocycles. The fraction of sp³-hybridized carbons (Fsp3) is 0.312. The summed E-state index contributed by atoms with van der Waals surface area (Å²) in [6, 6.07) is 12.9. The highest BCUT2D eigenvalue weighted by Crippen LogP contribution is 2.24. The van der Waals surface area contributed by atoms with Crippen LogP contribution < -0.4 is 4.90 Å². The molecule has 0 aliphatic heterocycles. The van der Waals surface area contributed by atoms with Gasteiger partial charge in [-0.25, -0.2) is 0 Å². The highest BCUT2D eigenvalue weighted by Gasteiger charge is 2.14. The second kappa shape index (κ2) is 6.58. The maximum Gasteiger partial charge on any atom is 0.0602 e. The number of hydrogen-bond acceptors (Lipinski definition) is 2. The average molecular weight is 275 g/mol. The number of alkyl halides is 1. The number of nitrogens with zero attached hydrogens (tertiary/aromatic N) is 2. The highest BCUT2D eigenvalue weighted by molar-refractivity contribution is 6.17. The molecular weight excluding hydrogens is 256 g/mol. The van der Waals surface area contributed by atoms with Gasteiger partial charge in [0.15, 0.2) is 0 Å². The van der Waals surface area contributed by atoms with Crippen molar-refractivity contribution in [1.82, 2.24) is 4.98 Å². The molecule has 0 saturated heterocycles. The Kier molecular flexibility index (Phi) is 4.80. The normalized spacial score (nSPS) is 10.7. The first kappa shape index (κ1) is 13.9. The van der Waals surface area contributed by atoms with Gasteiger partial charge in [0.1, 0.15) is 0 Å². The molecule has 0 spiro atoms. The van der Waals surface area contributed by atoms with E-state index < -0.39 is 0 Å². The zero-order chi connectivity index (χ0) is 13.7. The van der Waals surface area contributed by atoms with Gasteiger partial charge >= 0.3 is 0 Å². The number of pyridine rings is 1. The number of hydrogen-bond donors (Lipinski definition) is 0. The molecule has 0 radical (unpaired) electrons. The summed E-state index contributed by atoms with van der Waals surface area (Å²) in [6.45, 7) is 5.25. The van der Waals surface area contributed by atoms with Gasteiger partial charge < -0.3 is 4.90 Å². The van der Waals surface area contributed by atoms with Crippen LogP contribution >= 0.6 is 11.6 Å². The highest BCUT2D eigenvalue weighted by atomic mass is 35.5. The molecule has 0 atom stereocenters. The number of anilines is 1. The Morgan fingerprint density at radius 1 is 1.16 bits per heavy atom. The lowest BCUT2D eigenvalue weighted by Crippen LogP contribution is -2.31. The van der Waals surface area contributed by atoms with Crippen molar-refractivity contribution in [2.75, 3.05) is 4.90 Å². The minimum Gasteiger partial charge on any atom is -0.363 e. The van der Waals surface area contributed by atoms with Crippen molar-refractivity contribution in [2.45, 2.75) is 32.3 Å². The van der Waals surface area contributed by atoms with Gasteiger partial charge in [0, 0.05) is 24.7 Å². The van der Waals surface area contributed by atoms with E-state index in [9.17, 15) is 0 Å². The van der Waals surface area contributed by atoms with E-state index in [1.54, 1.807) is 6.20 Å². The third kappa shape index (κ3) is 3.48. The van der Waals surface area contributed by atoms with Crippen molar-refractivity contribution in [3.63, 3.8) is 0 Å². The molecule has 0 N–H and O–H groups in total. The van der Waals surface area contributed by atoms with E-state index in [4.69, 9.17) is 11.6 Å². The summed E-state index contributed by atoms with van der Waals surface area (Å²) in [7, 11) is 0. The van der Waals surface area contributed by atoms with Crippen LogP contribution in [0.4, 0.5) is 5.69 Å². The first-order valence-corrected chi connectivity index (χ1v) is 7.05. The molecule has 0 fully saturated rings. The van der Waals surface area contributed by atoms with Crippen LogP contribution in [0.1, 0.15) is 25.0 Å². The topological polar surface area (TPSA) is 16.1 Å². The molecule has 100 valence electrons. The van der Waals surface area contributed by atoms with E-state index >= 15 is 0 Å². The number of aromatic nitrogens is 1. The number of rotatable bonds is 5. The third-order valence-corrected chi connectivity index (χ3v) is 3.45. The van der Waals surface area contributed by atoms with Gasteiger partial charge in [0.2, 0.25) is 0 Å². The van der Waals surface area contributed by atoms with Crippen LogP contribution in [0, 0.1) is 0 Å². The standard InChI is InChI=1S/C16H19ClN2/c1-13(2)19(12-14-6-4-3-5-7-14)16-11-18-9-8-15(16)10-17/h3-9,11,13H,10,12H2,1-2H3. The summed E-state index contributed by atoms with van der Waals surface area (Å²) in [5, 5.41) is 0. The van der Waals surface area contributed by atoms with E-state index in [1.807, 2.05) is 18.3 Å². The van der Waals surface area contributed by atoms with E-state index in [2.05, 4.69) is 48.0 Å². The molecule has 19 heavy (non-hydrogen) atoms. The molecule has 1 heterocycles. The fourth-order valence-corrected chi connectivity index (χ4v) is 2.34. The van der Waals surface area contributed by atoms with Crippen molar-refractivity contribution in [3.05, 3.63) is 59.9 Å². The fourth-order valence-electron chi connectivity index (χ4n) is 2.11. The first-order valence-electron chi connectivity index (χ1n) is 6.51. The van der Waals surface area contributed by atoms with Gasteiger partial charge in [0.25, 0.3) is 0 Å². The number of benzene rings is 1. The monoisotopic (exact) mass is 274 g/mol. The molecule has 0 aliphatic rings.